The van der Waals surface area contributed by atoms with Crippen molar-refractivity contribution in [1.29, 1.82) is 0 Å². The number of hydrogen-bond donors (Lipinski definition) is 9. The molecule has 1 fully saturated rings. The van der Waals surface area contributed by atoms with Crippen LogP contribution in [-0.4, -0.2) is 112 Å². The van der Waals surface area contributed by atoms with Crippen LogP contribution in [0.15, 0.2) is 0 Å². The maximum absolute atomic E-state index is 13.1. The van der Waals surface area contributed by atoms with Gasteiger partial charge in [-0.1, -0.05) is 0 Å². The van der Waals surface area contributed by atoms with E-state index in [1.54, 1.807) is 0 Å². The lowest BCUT2D eigenvalue weighted by molar-refractivity contribution is -0.149. The highest BCUT2D eigenvalue weighted by Crippen LogP contribution is 2.20. The lowest BCUT2D eigenvalue weighted by Crippen LogP contribution is -2.60. The second kappa shape index (κ2) is 15.7. The van der Waals surface area contributed by atoms with Gasteiger partial charge >= 0.3 is 5.97 Å². The predicted molar refractivity (Wildman–Crippen MR) is 127 cm³/mol. The largest absolute Gasteiger partial charge is 0.480 e. The van der Waals surface area contributed by atoms with E-state index in [1.165, 1.54) is 4.90 Å². The van der Waals surface area contributed by atoms with Gasteiger partial charge in [0.2, 0.25) is 29.5 Å². The Morgan fingerprint density at radius 3 is 2.03 bits per heavy atom. The first-order chi connectivity index (χ1) is 17.5. The lowest BCUT2D eigenvalue weighted by atomic mass is 10.1. The van der Waals surface area contributed by atoms with E-state index < -0.39 is 85.3 Å². The molecule has 12 N–H and O–H groups in total. The van der Waals surface area contributed by atoms with Gasteiger partial charge in [0.25, 0.3) is 0 Å². The van der Waals surface area contributed by atoms with Crippen molar-refractivity contribution in [1.82, 2.24) is 20.9 Å². The van der Waals surface area contributed by atoms with Gasteiger partial charge in [0.1, 0.15) is 30.2 Å². The number of nitrogens with two attached hydrogens (primary N) is 3. The first-order valence-corrected chi connectivity index (χ1v) is 11.9. The highest BCUT2D eigenvalue weighted by atomic mass is 16.4. The molecule has 1 heterocycles. The molecular formula is C21H37N7O9. The quantitative estimate of drug-likeness (QED) is 0.0848. The maximum Gasteiger partial charge on any atom is 0.326 e. The van der Waals surface area contributed by atoms with Gasteiger partial charge in [0, 0.05) is 6.54 Å². The highest BCUT2D eigenvalue weighted by molar-refractivity contribution is 5.97. The molecule has 0 saturated carbocycles. The number of aliphatic carboxylic acids is 1. The number of hydrogen-bond acceptors (Lipinski definition) is 10. The Hall–Kier alpha value is -3.34. The molecule has 16 nitrogen and oxygen atoms in total. The smallest absolute Gasteiger partial charge is 0.326 e. The van der Waals surface area contributed by atoms with Gasteiger partial charge in [0.05, 0.1) is 19.6 Å². The van der Waals surface area contributed by atoms with Crippen LogP contribution in [-0.2, 0) is 28.8 Å². The molecule has 1 rings (SSSR count). The second-order valence-corrected chi connectivity index (χ2v) is 8.64. The van der Waals surface area contributed by atoms with Crippen molar-refractivity contribution in [3.8, 4) is 0 Å². The highest BCUT2D eigenvalue weighted by Gasteiger charge is 2.38. The van der Waals surface area contributed by atoms with E-state index in [9.17, 15) is 39.0 Å². The molecule has 0 radical (unpaired) electrons. The Bertz CT molecular complexity index is 841. The number of likely N-dealkylation sites (tertiary alicyclic amines) is 1. The van der Waals surface area contributed by atoms with Gasteiger partial charge in [-0.2, -0.15) is 0 Å². The molecule has 0 aromatic heterocycles. The first-order valence-electron chi connectivity index (χ1n) is 11.9. The van der Waals surface area contributed by atoms with Gasteiger partial charge in [-0.05, 0) is 38.6 Å². The van der Waals surface area contributed by atoms with E-state index in [4.69, 9.17) is 22.3 Å². The molecule has 5 atom stereocenters. The topological polar surface area (TPSA) is 280 Å². The molecule has 0 aromatic rings. The number of carbonyl (C=O) groups excluding carboxylic acids is 5. The number of rotatable bonds is 16. The number of aliphatic hydroxyl groups excluding tert-OH is 2. The Balaban J connectivity index is 2.99. The minimum absolute atomic E-state index is 0.135. The molecule has 5 amide bonds. The molecule has 210 valence electrons. The van der Waals surface area contributed by atoms with E-state index in [0.29, 0.717) is 25.8 Å². The summed E-state index contributed by atoms with van der Waals surface area (Å²) in [5.74, 6) is -5.71. The fraction of sp³-hybridized carbons (Fsp3) is 0.714. The fourth-order valence-corrected chi connectivity index (χ4v) is 3.75. The molecule has 0 spiro atoms. The van der Waals surface area contributed by atoms with Crippen LogP contribution in [0.5, 0.6) is 0 Å². The molecular weight excluding hydrogens is 494 g/mol. The number of unbranched alkanes of at least 4 members (excludes halogenated alkanes) is 1. The summed E-state index contributed by atoms with van der Waals surface area (Å²) >= 11 is 0. The zero-order valence-corrected chi connectivity index (χ0v) is 20.4. The van der Waals surface area contributed by atoms with Gasteiger partial charge in [0.15, 0.2) is 0 Å². The summed E-state index contributed by atoms with van der Waals surface area (Å²) in [5, 5.41) is 34.9. The van der Waals surface area contributed by atoms with Crippen LogP contribution in [0, 0.1) is 0 Å². The third-order valence-corrected chi connectivity index (χ3v) is 5.77. The average molecular weight is 532 g/mol. The van der Waals surface area contributed by atoms with E-state index in [0.717, 1.165) is 0 Å². The number of primary amides is 1. The first kappa shape index (κ1) is 31.7. The lowest BCUT2D eigenvalue weighted by Gasteiger charge is -2.29. The fourth-order valence-electron chi connectivity index (χ4n) is 3.75. The summed E-state index contributed by atoms with van der Waals surface area (Å²) in [7, 11) is 0. The Morgan fingerprint density at radius 2 is 1.49 bits per heavy atom. The van der Waals surface area contributed by atoms with Crippen LogP contribution in [0.4, 0.5) is 0 Å². The normalized spacial score (nSPS) is 18.3. The van der Waals surface area contributed by atoms with Crippen LogP contribution < -0.4 is 33.2 Å². The molecule has 0 aromatic carbocycles. The summed E-state index contributed by atoms with van der Waals surface area (Å²) in [6.07, 6.45) is 1.19. The number of carbonyl (C=O) groups is 6. The van der Waals surface area contributed by atoms with Crippen molar-refractivity contribution >= 4 is 35.5 Å². The molecule has 0 bridgehead atoms. The average Bonchev–Trinajstić information content (AvgIpc) is 3.35. The summed E-state index contributed by atoms with van der Waals surface area (Å²) in [6, 6.07) is -6.72. The number of carboxylic acids is 1. The van der Waals surface area contributed by atoms with Crippen molar-refractivity contribution in [3.05, 3.63) is 0 Å². The van der Waals surface area contributed by atoms with Crippen LogP contribution in [0.25, 0.3) is 0 Å². The van der Waals surface area contributed by atoms with Crippen LogP contribution in [0.1, 0.15) is 38.5 Å². The summed E-state index contributed by atoms with van der Waals surface area (Å²) < 4.78 is 0. The second-order valence-electron chi connectivity index (χ2n) is 8.64. The molecule has 16 heteroatoms. The van der Waals surface area contributed by atoms with Crippen molar-refractivity contribution in [2.45, 2.75) is 68.7 Å². The van der Waals surface area contributed by atoms with E-state index >= 15 is 0 Å². The van der Waals surface area contributed by atoms with Gasteiger partial charge < -0.3 is 53.4 Å². The number of amides is 5. The maximum atomic E-state index is 13.1. The summed E-state index contributed by atoms with van der Waals surface area (Å²) in [4.78, 5) is 74.7. The standard InChI is InChI=1S/C21H37N7O9/c22-6-2-1-4-12(20(35)28-7-3-5-15(28)21(36)37)25-19(34)14(10-30)27-18(33)13(8-16(24)31)26-17(32)11(23)9-29/h11-15,29-30H,1-10,22-23H2,(H2,24,31)(H,25,34)(H,26,32)(H,27,33)(H,36,37)/t11-,12-,13-,14-,15-/m0/s1. The SMILES string of the molecule is NCCCC[C@H](NC(=O)[C@H](CO)NC(=O)[C@H](CC(N)=O)NC(=O)[C@@H](N)CO)C(=O)N1CCC[C@H]1C(=O)O. The van der Waals surface area contributed by atoms with E-state index in [1.807, 2.05) is 0 Å². The molecule has 0 aliphatic carbocycles. The molecule has 37 heavy (non-hydrogen) atoms. The van der Waals surface area contributed by atoms with Crippen molar-refractivity contribution in [2.75, 3.05) is 26.3 Å². The molecule has 1 aliphatic heterocycles. The number of aliphatic hydroxyl groups is 2. The number of nitrogens with zero attached hydrogens (tertiary/aromatic N) is 1. The van der Waals surface area contributed by atoms with Crippen molar-refractivity contribution in [3.63, 3.8) is 0 Å². The van der Waals surface area contributed by atoms with Crippen LogP contribution >= 0.6 is 0 Å². The van der Waals surface area contributed by atoms with E-state index in [2.05, 4.69) is 16.0 Å². The third-order valence-electron chi connectivity index (χ3n) is 5.77. The zero-order chi connectivity index (χ0) is 28.1. The summed E-state index contributed by atoms with van der Waals surface area (Å²) in [5.41, 5.74) is 16.0. The molecule has 1 saturated heterocycles. The van der Waals surface area contributed by atoms with Crippen molar-refractivity contribution < 1.29 is 44.1 Å². The van der Waals surface area contributed by atoms with Crippen LogP contribution in [0.2, 0.25) is 0 Å². The van der Waals surface area contributed by atoms with Crippen LogP contribution in [0.3, 0.4) is 0 Å². The Kier molecular flexibility index (Phi) is 13.4. The minimum Gasteiger partial charge on any atom is -0.480 e. The summed E-state index contributed by atoms with van der Waals surface area (Å²) in [6.45, 7) is -1.11. The molecule has 0 unspecified atom stereocenters. The Labute approximate surface area is 213 Å². The number of carboxylic acid groups (broad SMARTS) is 1. The Morgan fingerprint density at radius 1 is 0.892 bits per heavy atom. The molecule has 1 aliphatic rings. The van der Waals surface area contributed by atoms with E-state index in [-0.39, 0.29) is 19.4 Å². The van der Waals surface area contributed by atoms with Gasteiger partial charge in [-0.25, -0.2) is 4.79 Å². The third kappa shape index (κ3) is 9.91. The number of nitrogens with one attached hydrogen (secondary N) is 3. The van der Waals surface area contributed by atoms with Crippen molar-refractivity contribution in [2.24, 2.45) is 17.2 Å². The predicted octanol–water partition coefficient (Wildman–Crippen LogP) is -5.17. The minimum atomic E-state index is -1.59. The zero-order valence-electron chi connectivity index (χ0n) is 20.4. The monoisotopic (exact) mass is 531 g/mol. The van der Waals surface area contributed by atoms with Gasteiger partial charge in [-0.15, -0.1) is 0 Å². The van der Waals surface area contributed by atoms with Gasteiger partial charge in [-0.3, -0.25) is 24.0 Å².